The molecule has 74 valence electrons. The van der Waals surface area contributed by atoms with Crippen molar-refractivity contribution in [3.63, 3.8) is 0 Å². The van der Waals surface area contributed by atoms with E-state index in [1.165, 1.54) is 0 Å². The third-order valence-corrected chi connectivity index (χ3v) is 3.00. The summed E-state index contributed by atoms with van der Waals surface area (Å²) in [6.07, 6.45) is 4.51. The number of rotatable bonds is 3. The Kier molecular flexibility index (Phi) is 2.60. The molecule has 2 heterocycles. The Labute approximate surface area is 86.2 Å². The van der Waals surface area contributed by atoms with Crippen molar-refractivity contribution in [2.24, 2.45) is 5.73 Å². The predicted molar refractivity (Wildman–Crippen MR) is 56.9 cm³/mol. The van der Waals surface area contributed by atoms with Crippen molar-refractivity contribution in [3.05, 3.63) is 23.5 Å². The second kappa shape index (κ2) is 3.89. The van der Waals surface area contributed by atoms with E-state index in [2.05, 4.69) is 22.1 Å². The Bertz CT molecular complexity index is 393. The molecular formula is C9H12N4S. The lowest BCUT2D eigenvalue weighted by molar-refractivity contribution is 0.681. The van der Waals surface area contributed by atoms with Crippen LogP contribution in [0.15, 0.2) is 17.8 Å². The second-order valence-electron chi connectivity index (χ2n) is 3.08. The van der Waals surface area contributed by atoms with Gasteiger partial charge in [0.05, 0.1) is 11.9 Å². The van der Waals surface area contributed by atoms with Crippen LogP contribution in [-0.4, -0.2) is 15.2 Å². The maximum Gasteiger partial charge on any atom is 0.126 e. The molecule has 0 aliphatic carbocycles. The Morgan fingerprint density at radius 2 is 2.50 bits per heavy atom. The molecule has 2 rings (SSSR count). The van der Waals surface area contributed by atoms with Gasteiger partial charge < -0.3 is 5.73 Å². The van der Waals surface area contributed by atoms with E-state index < -0.39 is 0 Å². The van der Waals surface area contributed by atoms with Crippen molar-refractivity contribution < 1.29 is 0 Å². The first kappa shape index (κ1) is 9.36. The fourth-order valence-electron chi connectivity index (χ4n) is 1.17. The quantitative estimate of drug-likeness (QED) is 0.810. The maximum atomic E-state index is 5.88. The maximum absolute atomic E-state index is 5.88. The zero-order valence-corrected chi connectivity index (χ0v) is 8.71. The first-order valence-electron chi connectivity index (χ1n) is 4.51. The van der Waals surface area contributed by atoms with Gasteiger partial charge in [-0.1, -0.05) is 6.92 Å². The standard InChI is InChI=1S/C9H12N4S/c1-2-7(10)8-5-14-9(13-8)6-3-11-12-4-6/h3-5,7H,2,10H2,1H3,(H,11,12). The van der Waals surface area contributed by atoms with Crippen LogP contribution < -0.4 is 5.73 Å². The SMILES string of the molecule is CCC(N)c1csc(-c2cn[nH]c2)n1. The molecule has 0 aromatic carbocycles. The Morgan fingerprint density at radius 3 is 3.14 bits per heavy atom. The highest BCUT2D eigenvalue weighted by atomic mass is 32.1. The van der Waals surface area contributed by atoms with E-state index >= 15 is 0 Å². The van der Waals surface area contributed by atoms with Crippen LogP contribution in [0.2, 0.25) is 0 Å². The summed E-state index contributed by atoms with van der Waals surface area (Å²) in [7, 11) is 0. The summed E-state index contributed by atoms with van der Waals surface area (Å²) in [5.74, 6) is 0. The van der Waals surface area contributed by atoms with E-state index in [9.17, 15) is 0 Å². The molecule has 2 aromatic rings. The first-order valence-corrected chi connectivity index (χ1v) is 5.39. The molecule has 3 N–H and O–H groups in total. The molecule has 0 fully saturated rings. The number of H-pyrrole nitrogens is 1. The van der Waals surface area contributed by atoms with Gasteiger partial charge in [-0.25, -0.2) is 4.98 Å². The van der Waals surface area contributed by atoms with Gasteiger partial charge in [0.1, 0.15) is 5.01 Å². The van der Waals surface area contributed by atoms with E-state index in [1.807, 2.05) is 11.6 Å². The van der Waals surface area contributed by atoms with Crippen molar-refractivity contribution in [3.8, 4) is 10.6 Å². The van der Waals surface area contributed by atoms with Crippen molar-refractivity contribution in [1.82, 2.24) is 15.2 Å². The molecule has 0 spiro atoms. The lowest BCUT2D eigenvalue weighted by atomic mass is 10.2. The number of hydrogen-bond donors (Lipinski definition) is 2. The average Bonchev–Trinajstić information content (AvgIpc) is 2.86. The minimum Gasteiger partial charge on any atom is -0.323 e. The molecule has 0 radical (unpaired) electrons. The van der Waals surface area contributed by atoms with Crippen LogP contribution in [0, 0.1) is 0 Å². The van der Waals surface area contributed by atoms with Crippen LogP contribution in [0.1, 0.15) is 25.1 Å². The molecule has 0 aliphatic heterocycles. The zero-order chi connectivity index (χ0) is 9.97. The second-order valence-corrected chi connectivity index (χ2v) is 3.94. The molecule has 1 atom stereocenters. The number of aromatic amines is 1. The highest BCUT2D eigenvalue weighted by molar-refractivity contribution is 7.13. The molecule has 0 aliphatic rings. The first-order chi connectivity index (χ1) is 6.81. The van der Waals surface area contributed by atoms with Gasteiger partial charge >= 0.3 is 0 Å². The molecular weight excluding hydrogens is 196 g/mol. The van der Waals surface area contributed by atoms with Crippen molar-refractivity contribution in [2.75, 3.05) is 0 Å². The van der Waals surface area contributed by atoms with Gasteiger partial charge in [0, 0.05) is 23.2 Å². The lowest BCUT2D eigenvalue weighted by Gasteiger charge is -2.02. The number of hydrogen-bond acceptors (Lipinski definition) is 4. The summed E-state index contributed by atoms with van der Waals surface area (Å²) < 4.78 is 0. The average molecular weight is 208 g/mol. The molecule has 4 nitrogen and oxygen atoms in total. The molecule has 0 amide bonds. The number of thiazole rings is 1. The molecule has 5 heteroatoms. The summed E-state index contributed by atoms with van der Waals surface area (Å²) in [6, 6.07) is 0.0481. The van der Waals surface area contributed by atoms with Crippen LogP contribution in [0.25, 0.3) is 10.6 Å². The van der Waals surface area contributed by atoms with Crippen molar-refractivity contribution in [2.45, 2.75) is 19.4 Å². The van der Waals surface area contributed by atoms with E-state index in [0.29, 0.717) is 0 Å². The van der Waals surface area contributed by atoms with Crippen LogP contribution in [0.5, 0.6) is 0 Å². The summed E-state index contributed by atoms with van der Waals surface area (Å²) in [5, 5.41) is 9.63. The van der Waals surface area contributed by atoms with Gasteiger partial charge in [-0.15, -0.1) is 11.3 Å². The summed E-state index contributed by atoms with van der Waals surface area (Å²) in [6.45, 7) is 2.06. The zero-order valence-electron chi connectivity index (χ0n) is 7.90. The van der Waals surface area contributed by atoms with Crippen LogP contribution >= 0.6 is 11.3 Å². The minimum absolute atomic E-state index is 0.0481. The largest absolute Gasteiger partial charge is 0.323 e. The van der Waals surface area contributed by atoms with Crippen molar-refractivity contribution in [1.29, 1.82) is 0 Å². The number of nitrogens with two attached hydrogens (primary N) is 1. The fourth-order valence-corrected chi connectivity index (χ4v) is 2.03. The predicted octanol–water partition coefficient (Wildman–Crippen LogP) is 1.94. The van der Waals surface area contributed by atoms with Gasteiger partial charge in [-0.2, -0.15) is 5.10 Å². The Morgan fingerprint density at radius 1 is 1.64 bits per heavy atom. The van der Waals surface area contributed by atoms with Crippen LogP contribution in [-0.2, 0) is 0 Å². The summed E-state index contributed by atoms with van der Waals surface area (Å²) >= 11 is 1.60. The van der Waals surface area contributed by atoms with Gasteiger partial charge in [0.25, 0.3) is 0 Å². The molecule has 0 saturated carbocycles. The molecule has 14 heavy (non-hydrogen) atoms. The van der Waals surface area contributed by atoms with E-state index in [-0.39, 0.29) is 6.04 Å². The van der Waals surface area contributed by atoms with E-state index in [1.54, 1.807) is 17.5 Å². The van der Waals surface area contributed by atoms with Gasteiger partial charge in [0.2, 0.25) is 0 Å². The fraction of sp³-hybridized carbons (Fsp3) is 0.333. The normalized spacial score (nSPS) is 13.0. The Balaban J connectivity index is 2.26. The highest BCUT2D eigenvalue weighted by Gasteiger charge is 2.09. The monoisotopic (exact) mass is 208 g/mol. The van der Waals surface area contributed by atoms with Gasteiger partial charge in [-0.3, -0.25) is 5.10 Å². The lowest BCUT2D eigenvalue weighted by Crippen LogP contribution is -2.08. The van der Waals surface area contributed by atoms with Crippen LogP contribution in [0.3, 0.4) is 0 Å². The van der Waals surface area contributed by atoms with Gasteiger partial charge in [-0.05, 0) is 6.42 Å². The third-order valence-electron chi connectivity index (χ3n) is 2.09. The number of nitrogens with zero attached hydrogens (tertiary/aromatic N) is 2. The van der Waals surface area contributed by atoms with E-state index in [4.69, 9.17) is 5.73 Å². The molecule has 0 saturated heterocycles. The smallest absolute Gasteiger partial charge is 0.126 e. The van der Waals surface area contributed by atoms with Crippen LogP contribution in [0.4, 0.5) is 0 Å². The number of aromatic nitrogens is 3. The van der Waals surface area contributed by atoms with Crippen molar-refractivity contribution >= 4 is 11.3 Å². The minimum atomic E-state index is 0.0481. The van der Waals surface area contributed by atoms with Gasteiger partial charge in [0.15, 0.2) is 0 Å². The molecule has 1 unspecified atom stereocenters. The molecule has 0 bridgehead atoms. The molecule has 2 aromatic heterocycles. The number of nitrogens with one attached hydrogen (secondary N) is 1. The third kappa shape index (κ3) is 1.69. The summed E-state index contributed by atoms with van der Waals surface area (Å²) in [4.78, 5) is 4.46. The van der Waals surface area contributed by atoms with E-state index in [0.717, 1.165) is 22.7 Å². The highest BCUT2D eigenvalue weighted by Crippen LogP contribution is 2.25. The topological polar surface area (TPSA) is 67.6 Å². The Hall–Kier alpha value is -1.20. The summed E-state index contributed by atoms with van der Waals surface area (Å²) in [5.41, 5.74) is 7.87.